The molecule has 1 N–H and O–H groups in total. The fourth-order valence-corrected chi connectivity index (χ4v) is 3.28. The second-order valence-corrected chi connectivity index (χ2v) is 6.04. The van der Waals surface area contributed by atoms with Gasteiger partial charge in [0.2, 0.25) is 0 Å². The minimum absolute atomic E-state index is 0. The molecule has 3 rings (SSSR count). The summed E-state index contributed by atoms with van der Waals surface area (Å²) in [5.74, 6) is -0.347. The van der Waals surface area contributed by atoms with Crippen molar-refractivity contribution in [3.8, 4) is 0 Å². The molecule has 25 heavy (non-hydrogen) atoms. The standard InChI is InChI=1S/C16H17ClN4O3.ClH/c1-19-13(6-7-15(19)21(23)24)16(22)20-9-8-18-10-14(20)11-4-2-3-5-12(11)17;/h2-7,14,18H,8-10H2,1H3;1H. The maximum atomic E-state index is 13.0. The third-order valence-electron chi connectivity index (χ3n) is 4.27. The van der Waals surface area contributed by atoms with E-state index in [0.717, 1.165) is 5.56 Å². The van der Waals surface area contributed by atoms with Gasteiger partial charge in [-0.3, -0.25) is 4.79 Å². The largest absolute Gasteiger partial charge is 0.358 e. The lowest BCUT2D eigenvalue weighted by Crippen LogP contribution is -2.49. The molecule has 2 heterocycles. The Morgan fingerprint density at radius 1 is 1.32 bits per heavy atom. The average Bonchev–Trinajstić information content (AvgIpc) is 2.96. The van der Waals surface area contributed by atoms with Gasteiger partial charge in [0.25, 0.3) is 5.91 Å². The van der Waals surface area contributed by atoms with E-state index in [1.165, 1.54) is 23.7 Å². The molecule has 1 aliphatic heterocycles. The number of benzene rings is 1. The van der Waals surface area contributed by atoms with Crippen molar-refractivity contribution in [2.75, 3.05) is 19.6 Å². The van der Waals surface area contributed by atoms with Crippen molar-refractivity contribution < 1.29 is 9.72 Å². The quantitative estimate of drug-likeness (QED) is 0.651. The van der Waals surface area contributed by atoms with Gasteiger partial charge in [-0.1, -0.05) is 29.8 Å². The number of nitrogens with zero attached hydrogens (tertiary/aromatic N) is 3. The minimum atomic E-state index is -0.500. The van der Waals surface area contributed by atoms with Crippen molar-refractivity contribution >= 4 is 35.7 Å². The van der Waals surface area contributed by atoms with E-state index in [4.69, 9.17) is 11.6 Å². The molecule has 0 aliphatic carbocycles. The zero-order chi connectivity index (χ0) is 17.3. The van der Waals surface area contributed by atoms with E-state index in [-0.39, 0.29) is 30.2 Å². The van der Waals surface area contributed by atoms with E-state index in [2.05, 4.69) is 5.32 Å². The molecule has 1 amide bonds. The van der Waals surface area contributed by atoms with Crippen LogP contribution in [0.15, 0.2) is 36.4 Å². The van der Waals surface area contributed by atoms with Crippen LogP contribution in [0.1, 0.15) is 22.1 Å². The van der Waals surface area contributed by atoms with Crippen LogP contribution in [0.25, 0.3) is 0 Å². The Labute approximate surface area is 156 Å². The summed E-state index contributed by atoms with van der Waals surface area (Å²) in [5, 5.41) is 14.9. The van der Waals surface area contributed by atoms with Gasteiger partial charge in [-0.15, -0.1) is 12.4 Å². The van der Waals surface area contributed by atoms with Crippen LogP contribution in [0.2, 0.25) is 5.02 Å². The number of carbonyl (C=O) groups excluding carboxylic acids is 1. The Hall–Kier alpha value is -2.09. The number of piperazine rings is 1. The number of rotatable bonds is 3. The highest BCUT2D eigenvalue weighted by atomic mass is 35.5. The maximum Gasteiger partial charge on any atom is 0.323 e. The van der Waals surface area contributed by atoms with Gasteiger partial charge in [-0.2, -0.15) is 0 Å². The lowest BCUT2D eigenvalue weighted by molar-refractivity contribution is -0.391. The molecule has 1 atom stereocenters. The molecule has 1 aromatic heterocycles. The normalized spacial score (nSPS) is 17.0. The first-order valence-corrected chi connectivity index (χ1v) is 7.94. The molecule has 1 aromatic carbocycles. The fraction of sp³-hybridized carbons (Fsp3) is 0.312. The molecule has 1 aliphatic rings. The zero-order valence-corrected chi connectivity index (χ0v) is 15.1. The van der Waals surface area contributed by atoms with Gasteiger partial charge in [0.1, 0.15) is 0 Å². The number of aromatic nitrogens is 1. The lowest BCUT2D eigenvalue weighted by atomic mass is 10.0. The van der Waals surface area contributed by atoms with Gasteiger partial charge >= 0.3 is 5.82 Å². The molecule has 2 aromatic rings. The van der Waals surface area contributed by atoms with Crippen molar-refractivity contribution in [2.24, 2.45) is 7.05 Å². The smallest absolute Gasteiger partial charge is 0.323 e. The van der Waals surface area contributed by atoms with Gasteiger partial charge in [-0.25, -0.2) is 4.57 Å². The number of hydrogen-bond donors (Lipinski definition) is 1. The van der Waals surface area contributed by atoms with Crippen molar-refractivity contribution in [3.63, 3.8) is 0 Å². The highest BCUT2D eigenvalue weighted by Crippen LogP contribution is 2.30. The van der Waals surface area contributed by atoms with Gasteiger partial charge in [0.05, 0.1) is 13.1 Å². The fourth-order valence-electron chi connectivity index (χ4n) is 3.02. The van der Waals surface area contributed by atoms with Gasteiger partial charge < -0.3 is 20.3 Å². The summed E-state index contributed by atoms with van der Waals surface area (Å²) in [6, 6.07) is 10.0. The molecule has 0 spiro atoms. The second-order valence-electron chi connectivity index (χ2n) is 5.63. The predicted molar refractivity (Wildman–Crippen MR) is 97.4 cm³/mol. The van der Waals surface area contributed by atoms with E-state index in [1.54, 1.807) is 11.0 Å². The van der Waals surface area contributed by atoms with Crippen LogP contribution in [-0.2, 0) is 7.05 Å². The molecule has 0 radical (unpaired) electrons. The molecule has 9 heteroatoms. The summed E-state index contributed by atoms with van der Waals surface area (Å²) in [6.07, 6.45) is 0. The Kier molecular flexibility index (Phi) is 6.05. The minimum Gasteiger partial charge on any atom is -0.358 e. The Morgan fingerprint density at radius 3 is 2.68 bits per heavy atom. The van der Waals surface area contributed by atoms with Gasteiger partial charge in [-0.05, 0) is 22.6 Å². The first kappa shape index (κ1) is 19.2. The predicted octanol–water partition coefficient (Wildman–Crippen LogP) is 2.80. The first-order chi connectivity index (χ1) is 11.5. The van der Waals surface area contributed by atoms with E-state index in [1.807, 2.05) is 18.2 Å². The Bertz CT molecular complexity index is 793. The molecular weight excluding hydrogens is 367 g/mol. The van der Waals surface area contributed by atoms with E-state index in [9.17, 15) is 14.9 Å². The van der Waals surface area contributed by atoms with Crippen LogP contribution >= 0.6 is 24.0 Å². The third kappa shape index (κ3) is 3.63. The Morgan fingerprint density at radius 2 is 2.04 bits per heavy atom. The molecular formula is C16H18Cl2N4O3. The highest BCUT2D eigenvalue weighted by molar-refractivity contribution is 6.31. The van der Waals surface area contributed by atoms with Gasteiger partial charge in [0.15, 0.2) is 5.69 Å². The van der Waals surface area contributed by atoms with E-state index >= 15 is 0 Å². The Balaban J connectivity index is 0.00000225. The SMILES string of the molecule is Cl.Cn1c(C(=O)N2CCNCC2c2ccccc2Cl)ccc1[N+](=O)[O-]. The highest BCUT2D eigenvalue weighted by Gasteiger charge is 2.33. The third-order valence-corrected chi connectivity index (χ3v) is 4.61. The number of nitrogens with one attached hydrogen (secondary N) is 1. The molecule has 7 nitrogen and oxygen atoms in total. The van der Waals surface area contributed by atoms with Crippen molar-refractivity contribution in [1.29, 1.82) is 0 Å². The summed E-state index contributed by atoms with van der Waals surface area (Å²) in [6.45, 7) is 1.76. The number of halogens is 2. The molecule has 1 unspecified atom stereocenters. The number of nitro groups is 1. The molecule has 134 valence electrons. The number of carbonyl (C=O) groups is 1. The summed E-state index contributed by atoms with van der Waals surface area (Å²) in [7, 11) is 1.53. The van der Waals surface area contributed by atoms with Crippen LogP contribution in [0.5, 0.6) is 0 Å². The monoisotopic (exact) mass is 384 g/mol. The maximum absolute atomic E-state index is 13.0. The number of hydrogen-bond acceptors (Lipinski definition) is 4. The summed E-state index contributed by atoms with van der Waals surface area (Å²) in [4.78, 5) is 25.2. The summed E-state index contributed by atoms with van der Waals surface area (Å²) in [5.41, 5.74) is 1.16. The summed E-state index contributed by atoms with van der Waals surface area (Å²) >= 11 is 6.29. The second kappa shape index (κ2) is 7.86. The lowest BCUT2D eigenvalue weighted by Gasteiger charge is -2.36. The molecule has 0 bridgehead atoms. The van der Waals surface area contributed by atoms with Gasteiger partial charge in [0, 0.05) is 30.7 Å². The van der Waals surface area contributed by atoms with Crippen LogP contribution in [0, 0.1) is 10.1 Å². The van der Waals surface area contributed by atoms with E-state index < -0.39 is 4.92 Å². The van der Waals surface area contributed by atoms with Crippen LogP contribution in [-0.4, -0.2) is 39.9 Å². The van der Waals surface area contributed by atoms with Crippen molar-refractivity contribution in [2.45, 2.75) is 6.04 Å². The topological polar surface area (TPSA) is 80.4 Å². The van der Waals surface area contributed by atoms with Crippen molar-refractivity contribution in [3.05, 3.63) is 62.8 Å². The van der Waals surface area contributed by atoms with Crippen LogP contribution in [0.4, 0.5) is 5.82 Å². The first-order valence-electron chi connectivity index (χ1n) is 7.57. The molecule has 0 saturated carbocycles. The zero-order valence-electron chi connectivity index (χ0n) is 13.5. The van der Waals surface area contributed by atoms with Crippen LogP contribution < -0.4 is 5.32 Å². The van der Waals surface area contributed by atoms with Crippen molar-refractivity contribution in [1.82, 2.24) is 14.8 Å². The molecule has 1 saturated heterocycles. The average molecular weight is 385 g/mol. The number of amides is 1. The van der Waals surface area contributed by atoms with Crippen LogP contribution in [0.3, 0.4) is 0 Å². The van der Waals surface area contributed by atoms with E-state index in [0.29, 0.717) is 30.4 Å². The summed E-state index contributed by atoms with van der Waals surface area (Å²) < 4.78 is 1.31. The molecule has 1 fully saturated rings.